The van der Waals surface area contributed by atoms with Crippen molar-refractivity contribution < 1.29 is 0 Å². The quantitative estimate of drug-likeness (QED) is 0.828. The lowest BCUT2D eigenvalue weighted by molar-refractivity contribution is 0.203. The molecule has 5 heteroatoms. The van der Waals surface area contributed by atoms with Crippen molar-refractivity contribution in [3.05, 3.63) is 28.2 Å². The fraction of sp³-hybridized carbons (Fsp3) is 0.533. The number of thiocarbonyl (C=S) groups is 1. The highest BCUT2D eigenvalue weighted by Crippen LogP contribution is 2.33. The standard InChI is InChI=1S/C15H20BrN3S/c1-10-8-18-6-2-3-12(18)9-19(10)14-5-4-11(15(17)20)7-13(14)16/h4-5,7,10,12H,2-3,6,8-9H2,1H3,(H2,17,20). The molecule has 1 aromatic carbocycles. The third-order valence-electron chi connectivity index (χ3n) is 4.48. The molecule has 3 rings (SSSR count). The van der Waals surface area contributed by atoms with Crippen molar-refractivity contribution in [3.63, 3.8) is 0 Å². The molecule has 0 aromatic heterocycles. The minimum absolute atomic E-state index is 0.450. The maximum atomic E-state index is 5.70. The van der Waals surface area contributed by atoms with E-state index in [9.17, 15) is 0 Å². The molecule has 108 valence electrons. The van der Waals surface area contributed by atoms with E-state index in [-0.39, 0.29) is 0 Å². The number of benzene rings is 1. The number of nitrogens with zero attached hydrogens (tertiary/aromatic N) is 2. The second-order valence-electron chi connectivity index (χ2n) is 5.82. The maximum absolute atomic E-state index is 5.70. The van der Waals surface area contributed by atoms with Crippen molar-refractivity contribution in [2.75, 3.05) is 24.5 Å². The van der Waals surface area contributed by atoms with Crippen molar-refractivity contribution in [2.24, 2.45) is 5.73 Å². The molecular weight excluding hydrogens is 334 g/mol. The molecule has 2 unspecified atom stereocenters. The smallest absolute Gasteiger partial charge is 0.104 e. The Morgan fingerprint density at radius 1 is 1.40 bits per heavy atom. The van der Waals surface area contributed by atoms with Crippen LogP contribution in [0, 0.1) is 0 Å². The minimum Gasteiger partial charge on any atom is -0.389 e. The first-order valence-electron chi connectivity index (χ1n) is 7.16. The van der Waals surface area contributed by atoms with Crippen LogP contribution in [0.1, 0.15) is 25.3 Å². The molecule has 0 saturated carbocycles. The molecule has 2 N–H and O–H groups in total. The van der Waals surface area contributed by atoms with E-state index in [4.69, 9.17) is 18.0 Å². The van der Waals surface area contributed by atoms with Crippen molar-refractivity contribution in [2.45, 2.75) is 31.8 Å². The Labute approximate surface area is 134 Å². The first-order valence-corrected chi connectivity index (χ1v) is 8.36. The second-order valence-corrected chi connectivity index (χ2v) is 7.12. The van der Waals surface area contributed by atoms with E-state index < -0.39 is 0 Å². The summed E-state index contributed by atoms with van der Waals surface area (Å²) in [6.45, 7) is 5.85. The van der Waals surface area contributed by atoms with Crippen LogP contribution >= 0.6 is 28.1 Å². The highest BCUT2D eigenvalue weighted by Gasteiger charge is 2.34. The zero-order valence-corrected chi connectivity index (χ0v) is 14.1. The molecule has 2 aliphatic heterocycles. The van der Waals surface area contributed by atoms with Gasteiger partial charge < -0.3 is 10.6 Å². The fourth-order valence-electron chi connectivity index (χ4n) is 3.42. The molecule has 0 bridgehead atoms. The molecule has 1 aromatic rings. The predicted molar refractivity (Wildman–Crippen MR) is 91.4 cm³/mol. The number of hydrogen-bond donors (Lipinski definition) is 1. The van der Waals surface area contributed by atoms with Gasteiger partial charge in [-0.2, -0.15) is 0 Å². The van der Waals surface area contributed by atoms with E-state index in [0.717, 1.165) is 23.1 Å². The lowest BCUT2D eigenvalue weighted by Gasteiger charge is -2.44. The van der Waals surface area contributed by atoms with E-state index in [1.54, 1.807) is 0 Å². The van der Waals surface area contributed by atoms with E-state index in [1.807, 2.05) is 12.1 Å². The number of fused-ring (bicyclic) bond motifs is 1. The minimum atomic E-state index is 0.450. The molecule has 20 heavy (non-hydrogen) atoms. The van der Waals surface area contributed by atoms with Gasteiger partial charge in [0, 0.05) is 35.2 Å². The number of piperazine rings is 1. The number of halogens is 1. The molecule has 0 radical (unpaired) electrons. The van der Waals surface area contributed by atoms with Gasteiger partial charge in [-0.25, -0.2) is 0 Å². The van der Waals surface area contributed by atoms with E-state index in [2.05, 4.69) is 38.7 Å². The van der Waals surface area contributed by atoms with Gasteiger partial charge in [-0.1, -0.05) is 12.2 Å². The van der Waals surface area contributed by atoms with Crippen molar-refractivity contribution in [1.29, 1.82) is 0 Å². The lowest BCUT2D eigenvalue weighted by Crippen LogP contribution is -2.55. The molecule has 0 aliphatic carbocycles. The largest absolute Gasteiger partial charge is 0.389 e. The number of nitrogens with two attached hydrogens (primary N) is 1. The Kier molecular flexibility index (Phi) is 4.02. The van der Waals surface area contributed by atoms with Gasteiger partial charge in [0.25, 0.3) is 0 Å². The summed E-state index contributed by atoms with van der Waals surface area (Å²) in [5.41, 5.74) is 7.87. The summed E-state index contributed by atoms with van der Waals surface area (Å²) in [5.74, 6) is 0. The van der Waals surface area contributed by atoms with Gasteiger partial charge in [-0.3, -0.25) is 4.90 Å². The van der Waals surface area contributed by atoms with Crippen LogP contribution in [-0.2, 0) is 0 Å². The van der Waals surface area contributed by atoms with Crippen LogP contribution in [0.5, 0.6) is 0 Å². The second kappa shape index (κ2) is 5.62. The first-order chi connectivity index (χ1) is 9.56. The first kappa shape index (κ1) is 14.3. The van der Waals surface area contributed by atoms with Gasteiger partial charge in [0.15, 0.2) is 0 Å². The molecule has 3 nitrogen and oxygen atoms in total. The molecule has 2 atom stereocenters. The van der Waals surface area contributed by atoms with E-state index in [1.165, 1.54) is 25.1 Å². The fourth-order valence-corrected chi connectivity index (χ4v) is 4.15. The van der Waals surface area contributed by atoms with Gasteiger partial charge in [0.05, 0.1) is 5.69 Å². The van der Waals surface area contributed by atoms with Crippen LogP contribution in [0.25, 0.3) is 0 Å². The summed E-state index contributed by atoms with van der Waals surface area (Å²) in [6.07, 6.45) is 2.67. The summed E-state index contributed by atoms with van der Waals surface area (Å²) in [6, 6.07) is 7.45. The third kappa shape index (κ3) is 2.59. The average molecular weight is 354 g/mol. The monoisotopic (exact) mass is 353 g/mol. The lowest BCUT2D eigenvalue weighted by atomic mass is 10.1. The van der Waals surface area contributed by atoms with Crippen molar-refractivity contribution in [1.82, 2.24) is 4.90 Å². The molecule has 2 heterocycles. The van der Waals surface area contributed by atoms with Crippen LogP contribution in [0.4, 0.5) is 5.69 Å². The van der Waals surface area contributed by atoms with Crippen LogP contribution in [0.2, 0.25) is 0 Å². The van der Waals surface area contributed by atoms with Gasteiger partial charge in [-0.15, -0.1) is 0 Å². The van der Waals surface area contributed by atoms with Crippen LogP contribution in [0.15, 0.2) is 22.7 Å². The highest BCUT2D eigenvalue weighted by atomic mass is 79.9. The topological polar surface area (TPSA) is 32.5 Å². The summed E-state index contributed by atoms with van der Waals surface area (Å²) in [7, 11) is 0. The highest BCUT2D eigenvalue weighted by molar-refractivity contribution is 9.10. The Balaban J connectivity index is 1.86. The molecule has 0 spiro atoms. The van der Waals surface area contributed by atoms with Gasteiger partial charge in [0.2, 0.25) is 0 Å². The predicted octanol–water partition coefficient (Wildman–Crippen LogP) is 2.76. The van der Waals surface area contributed by atoms with Crippen molar-refractivity contribution >= 4 is 38.8 Å². The normalized spacial score (nSPS) is 26.6. The van der Waals surface area contributed by atoms with Crippen LogP contribution < -0.4 is 10.6 Å². The van der Waals surface area contributed by atoms with Gasteiger partial charge in [0.1, 0.15) is 4.99 Å². The van der Waals surface area contributed by atoms with E-state index in [0.29, 0.717) is 17.1 Å². The number of anilines is 1. The summed E-state index contributed by atoms with van der Waals surface area (Å²) >= 11 is 8.72. The average Bonchev–Trinajstić information content (AvgIpc) is 2.84. The molecule has 2 fully saturated rings. The SMILES string of the molecule is CC1CN2CCCC2CN1c1ccc(C(N)=S)cc1Br. The third-order valence-corrected chi connectivity index (χ3v) is 5.35. The Bertz CT molecular complexity index is 534. The summed E-state index contributed by atoms with van der Waals surface area (Å²) in [5, 5.41) is 0. The van der Waals surface area contributed by atoms with Gasteiger partial charge >= 0.3 is 0 Å². The molecule has 0 amide bonds. The van der Waals surface area contributed by atoms with E-state index >= 15 is 0 Å². The zero-order chi connectivity index (χ0) is 14.3. The Morgan fingerprint density at radius 3 is 2.90 bits per heavy atom. The summed E-state index contributed by atoms with van der Waals surface area (Å²) < 4.78 is 1.08. The number of rotatable bonds is 2. The Morgan fingerprint density at radius 2 is 2.20 bits per heavy atom. The molecular formula is C15H20BrN3S. The molecule has 2 aliphatic rings. The van der Waals surface area contributed by atoms with Crippen LogP contribution in [-0.4, -0.2) is 41.6 Å². The van der Waals surface area contributed by atoms with Crippen molar-refractivity contribution in [3.8, 4) is 0 Å². The summed E-state index contributed by atoms with van der Waals surface area (Å²) in [4.78, 5) is 5.60. The molecule has 2 saturated heterocycles. The Hall–Kier alpha value is -0.650. The van der Waals surface area contributed by atoms with Crippen LogP contribution in [0.3, 0.4) is 0 Å². The number of hydrogen-bond acceptors (Lipinski definition) is 3. The van der Waals surface area contributed by atoms with Gasteiger partial charge in [-0.05, 0) is 60.4 Å². The zero-order valence-electron chi connectivity index (χ0n) is 11.7. The maximum Gasteiger partial charge on any atom is 0.104 e.